The monoisotopic (exact) mass is 254 g/mol. The molecule has 0 aliphatic rings. The molecule has 1 N–H and O–H groups in total. The third-order valence-electron chi connectivity index (χ3n) is 3.28. The van der Waals surface area contributed by atoms with E-state index in [0.29, 0.717) is 12.8 Å². The van der Waals surface area contributed by atoms with Crippen LogP contribution in [0.15, 0.2) is 60.7 Å². The highest BCUT2D eigenvalue weighted by molar-refractivity contribution is 5.96. The molecule has 2 aromatic rings. The summed E-state index contributed by atoms with van der Waals surface area (Å²) in [7, 11) is 0. The molecule has 0 radical (unpaired) electrons. The van der Waals surface area contributed by atoms with Crippen molar-refractivity contribution in [3.63, 3.8) is 0 Å². The van der Waals surface area contributed by atoms with Gasteiger partial charge < -0.3 is 5.11 Å². The van der Waals surface area contributed by atoms with Gasteiger partial charge in [-0.2, -0.15) is 0 Å². The van der Waals surface area contributed by atoms with E-state index in [0.717, 1.165) is 11.1 Å². The Bertz CT molecular complexity index is 505. The topological polar surface area (TPSA) is 37.3 Å². The zero-order valence-corrected chi connectivity index (χ0v) is 10.8. The van der Waals surface area contributed by atoms with Crippen LogP contribution in [-0.2, 0) is 0 Å². The Balaban J connectivity index is 2.11. The second kappa shape index (κ2) is 6.86. The van der Waals surface area contributed by atoms with Crippen molar-refractivity contribution in [1.82, 2.24) is 0 Å². The largest absolute Gasteiger partial charge is 0.396 e. The molecule has 0 aliphatic heterocycles. The van der Waals surface area contributed by atoms with Crippen LogP contribution in [0.2, 0.25) is 0 Å². The molecule has 2 aromatic carbocycles. The van der Waals surface area contributed by atoms with Gasteiger partial charge in [0.25, 0.3) is 0 Å². The molecule has 0 saturated carbocycles. The Labute approximate surface area is 113 Å². The fraction of sp³-hybridized carbons (Fsp3) is 0.235. The summed E-state index contributed by atoms with van der Waals surface area (Å²) in [5.74, 6) is 0.210. The summed E-state index contributed by atoms with van der Waals surface area (Å²) in [4.78, 5) is 12.2. The van der Waals surface area contributed by atoms with Crippen LogP contribution in [0.1, 0.15) is 34.7 Å². The molecule has 2 rings (SSSR count). The molecule has 1 unspecified atom stereocenters. The zero-order chi connectivity index (χ0) is 13.5. The van der Waals surface area contributed by atoms with Crippen LogP contribution in [0.4, 0.5) is 0 Å². The quantitative estimate of drug-likeness (QED) is 0.802. The van der Waals surface area contributed by atoms with E-state index < -0.39 is 0 Å². The third-order valence-corrected chi connectivity index (χ3v) is 3.28. The van der Waals surface area contributed by atoms with Crippen molar-refractivity contribution in [2.75, 3.05) is 6.61 Å². The lowest BCUT2D eigenvalue weighted by Crippen LogP contribution is -2.09. The fourth-order valence-corrected chi connectivity index (χ4v) is 2.23. The number of hydrogen-bond acceptors (Lipinski definition) is 2. The van der Waals surface area contributed by atoms with Gasteiger partial charge in [-0.3, -0.25) is 4.79 Å². The van der Waals surface area contributed by atoms with Gasteiger partial charge in [0, 0.05) is 18.6 Å². The van der Waals surface area contributed by atoms with E-state index in [9.17, 15) is 9.90 Å². The lowest BCUT2D eigenvalue weighted by atomic mass is 9.89. The summed E-state index contributed by atoms with van der Waals surface area (Å²) >= 11 is 0. The van der Waals surface area contributed by atoms with Crippen LogP contribution in [0.3, 0.4) is 0 Å². The van der Waals surface area contributed by atoms with E-state index in [4.69, 9.17) is 0 Å². The molecule has 0 bridgehead atoms. The highest BCUT2D eigenvalue weighted by atomic mass is 16.3. The van der Waals surface area contributed by atoms with Crippen molar-refractivity contribution >= 4 is 5.78 Å². The number of carbonyl (C=O) groups is 1. The van der Waals surface area contributed by atoms with Gasteiger partial charge in [-0.05, 0) is 17.9 Å². The Morgan fingerprint density at radius 1 is 0.947 bits per heavy atom. The first-order valence-corrected chi connectivity index (χ1v) is 6.55. The molecule has 0 aromatic heterocycles. The summed E-state index contributed by atoms with van der Waals surface area (Å²) in [5.41, 5.74) is 1.85. The van der Waals surface area contributed by atoms with E-state index in [1.807, 2.05) is 60.7 Å². The highest BCUT2D eigenvalue weighted by Crippen LogP contribution is 2.24. The van der Waals surface area contributed by atoms with E-state index in [-0.39, 0.29) is 18.3 Å². The van der Waals surface area contributed by atoms with Crippen molar-refractivity contribution in [2.24, 2.45) is 0 Å². The molecule has 0 spiro atoms. The van der Waals surface area contributed by atoms with E-state index in [1.54, 1.807) is 0 Å². The number of Topliss-reactive ketones (excluding diaryl/α,β-unsaturated/α-hetero) is 1. The van der Waals surface area contributed by atoms with Crippen molar-refractivity contribution in [2.45, 2.75) is 18.8 Å². The van der Waals surface area contributed by atoms with E-state index >= 15 is 0 Å². The van der Waals surface area contributed by atoms with Crippen molar-refractivity contribution in [3.05, 3.63) is 71.8 Å². The van der Waals surface area contributed by atoms with Crippen LogP contribution < -0.4 is 0 Å². The maximum absolute atomic E-state index is 12.2. The number of benzene rings is 2. The Kier molecular flexibility index (Phi) is 4.87. The molecule has 2 heteroatoms. The molecule has 98 valence electrons. The SMILES string of the molecule is O=C(CC(CCO)c1ccccc1)c1ccccc1. The van der Waals surface area contributed by atoms with Crippen molar-refractivity contribution in [3.8, 4) is 0 Å². The second-order valence-electron chi connectivity index (χ2n) is 4.61. The second-order valence-corrected chi connectivity index (χ2v) is 4.61. The van der Waals surface area contributed by atoms with Crippen LogP contribution in [0, 0.1) is 0 Å². The van der Waals surface area contributed by atoms with E-state index in [2.05, 4.69) is 0 Å². The Morgan fingerprint density at radius 2 is 1.53 bits per heavy atom. The number of hydrogen-bond donors (Lipinski definition) is 1. The third kappa shape index (κ3) is 3.76. The average molecular weight is 254 g/mol. The van der Waals surface area contributed by atoms with Crippen LogP contribution in [0.5, 0.6) is 0 Å². The number of rotatable bonds is 6. The number of aliphatic hydroxyl groups excluding tert-OH is 1. The Hall–Kier alpha value is -1.93. The molecule has 0 saturated heterocycles. The number of aliphatic hydroxyl groups is 1. The van der Waals surface area contributed by atoms with Gasteiger partial charge in [0.1, 0.15) is 0 Å². The lowest BCUT2D eigenvalue weighted by Gasteiger charge is -2.15. The van der Waals surface area contributed by atoms with E-state index in [1.165, 1.54) is 0 Å². The molecule has 2 nitrogen and oxygen atoms in total. The number of carbonyl (C=O) groups excluding carboxylic acids is 1. The summed E-state index contributed by atoms with van der Waals surface area (Å²) in [6, 6.07) is 19.2. The predicted molar refractivity (Wildman–Crippen MR) is 76.3 cm³/mol. The molecular weight excluding hydrogens is 236 g/mol. The van der Waals surface area contributed by atoms with Gasteiger partial charge in [-0.25, -0.2) is 0 Å². The first-order valence-electron chi connectivity index (χ1n) is 6.55. The lowest BCUT2D eigenvalue weighted by molar-refractivity contribution is 0.0969. The first kappa shape index (κ1) is 13.5. The first-order chi connectivity index (χ1) is 9.31. The zero-order valence-electron chi connectivity index (χ0n) is 10.8. The highest BCUT2D eigenvalue weighted by Gasteiger charge is 2.16. The van der Waals surface area contributed by atoms with Gasteiger partial charge in [0.05, 0.1) is 0 Å². The molecular formula is C17H18O2. The minimum atomic E-state index is 0.0823. The average Bonchev–Trinajstić information content (AvgIpc) is 2.48. The standard InChI is InChI=1S/C17H18O2/c18-12-11-16(14-7-3-1-4-8-14)13-17(19)15-9-5-2-6-10-15/h1-10,16,18H,11-13H2. The minimum Gasteiger partial charge on any atom is -0.396 e. The summed E-state index contributed by atoms with van der Waals surface area (Å²) in [6.45, 7) is 0.0988. The number of ketones is 1. The van der Waals surface area contributed by atoms with Crippen LogP contribution >= 0.6 is 0 Å². The van der Waals surface area contributed by atoms with Crippen molar-refractivity contribution < 1.29 is 9.90 Å². The predicted octanol–water partition coefficient (Wildman–Crippen LogP) is 3.43. The summed E-state index contributed by atoms with van der Waals surface area (Å²) in [5, 5.41) is 9.17. The normalized spacial score (nSPS) is 12.1. The molecule has 19 heavy (non-hydrogen) atoms. The van der Waals surface area contributed by atoms with Gasteiger partial charge >= 0.3 is 0 Å². The maximum Gasteiger partial charge on any atom is 0.163 e. The fourth-order valence-electron chi connectivity index (χ4n) is 2.23. The maximum atomic E-state index is 12.2. The molecule has 0 amide bonds. The van der Waals surface area contributed by atoms with Crippen LogP contribution in [0.25, 0.3) is 0 Å². The minimum absolute atomic E-state index is 0.0823. The van der Waals surface area contributed by atoms with Gasteiger partial charge in [-0.1, -0.05) is 60.7 Å². The molecule has 0 heterocycles. The molecule has 0 aliphatic carbocycles. The van der Waals surface area contributed by atoms with Crippen molar-refractivity contribution in [1.29, 1.82) is 0 Å². The van der Waals surface area contributed by atoms with Crippen LogP contribution in [-0.4, -0.2) is 17.5 Å². The van der Waals surface area contributed by atoms with Gasteiger partial charge in [0.2, 0.25) is 0 Å². The molecule has 1 atom stereocenters. The van der Waals surface area contributed by atoms with Gasteiger partial charge in [-0.15, -0.1) is 0 Å². The molecule has 0 fully saturated rings. The Morgan fingerprint density at radius 3 is 2.11 bits per heavy atom. The summed E-state index contributed by atoms with van der Waals surface area (Å²) < 4.78 is 0. The summed E-state index contributed by atoms with van der Waals surface area (Å²) in [6.07, 6.45) is 1.05. The van der Waals surface area contributed by atoms with Gasteiger partial charge in [0.15, 0.2) is 5.78 Å². The smallest absolute Gasteiger partial charge is 0.163 e.